The number of anilines is 1. The van der Waals surface area contributed by atoms with E-state index in [0.717, 1.165) is 29.2 Å². The lowest BCUT2D eigenvalue weighted by Gasteiger charge is -2.06. The number of hydrogen-bond acceptors (Lipinski definition) is 5. The molecule has 0 aliphatic heterocycles. The standard InChI is InChI=1S/C14H18N4OS/c1-3-4-11-5-10(6-13(15)18-11)14(19)16-7-12-8-20-9(2)17-12/h5-6,8H,3-4,7H2,1-2H3,(H2,15,18)(H,16,19). The maximum Gasteiger partial charge on any atom is 0.251 e. The van der Waals surface area contributed by atoms with Gasteiger partial charge in [-0.25, -0.2) is 9.97 Å². The Labute approximate surface area is 122 Å². The van der Waals surface area contributed by atoms with Gasteiger partial charge in [-0.1, -0.05) is 13.3 Å². The molecule has 3 N–H and O–H groups in total. The Balaban J connectivity index is 2.04. The fraction of sp³-hybridized carbons (Fsp3) is 0.357. The van der Waals surface area contributed by atoms with E-state index in [9.17, 15) is 4.79 Å². The van der Waals surface area contributed by atoms with Gasteiger partial charge in [0.1, 0.15) is 5.82 Å². The Bertz CT molecular complexity index is 609. The summed E-state index contributed by atoms with van der Waals surface area (Å²) in [6.45, 7) is 4.43. The molecule has 2 heterocycles. The molecule has 106 valence electrons. The van der Waals surface area contributed by atoms with Crippen molar-refractivity contribution in [3.63, 3.8) is 0 Å². The lowest BCUT2D eigenvalue weighted by atomic mass is 10.1. The first kappa shape index (κ1) is 14.5. The Kier molecular flexibility index (Phi) is 4.68. The fourth-order valence-corrected chi connectivity index (χ4v) is 2.50. The van der Waals surface area contributed by atoms with Gasteiger partial charge in [0.05, 0.1) is 17.2 Å². The number of carbonyl (C=O) groups excluding carboxylic acids is 1. The van der Waals surface area contributed by atoms with Crippen LogP contribution in [0.25, 0.3) is 0 Å². The van der Waals surface area contributed by atoms with Crippen LogP contribution in [0.2, 0.25) is 0 Å². The van der Waals surface area contributed by atoms with Gasteiger partial charge in [-0.3, -0.25) is 4.79 Å². The molecule has 5 nitrogen and oxygen atoms in total. The molecule has 2 aromatic heterocycles. The smallest absolute Gasteiger partial charge is 0.251 e. The highest BCUT2D eigenvalue weighted by molar-refractivity contribution is 7.09. The summed E-state index contributed by atoms with van der Waals surface area (Å²) in [7, 11) is 0. The van der Waals surface area contributed by atoms with Crippen molar-refractivity contribution in [3.8, 4) is 0 Å². The molecular formula is C14H18N4OS. The number of nitrogen functional groups attached to an aromatic ring is 1. The number of amides is 1. The van der Waals surface area contributed by atoms with E-state index in [-0.39, 0.29) is 5.91 Å². The van der Waals surface area contributed by atoms with Crippen LogP contribution in [0, 0.1) is 6.92 Å². The number of rotatable bonds is 5. The molecule has 2 rings (SSSR count). The lowest BCUT2D eigenvalue weighted by Crippen LogP contribution is -2.23. The van der Waals surface area contributed by atoms with Crippen molar-refractivity contribution in [3.05, 3.63) is 39.5 Å². The first-order valence-corrected chi connectivity index (χ1v) is 7.42. The maximum atomic E-state index is 12.1. The molecule has 0 spiro atoms. The molecule has 20 heavy (non-hydrogen) atoms. The van der Waals surface area contributed by atoms with E-state index < -0.39 is 0 Å². The van der Waals surface area contributed by atoms with Crippen molar-refractivity contribution >= 4 is 23.1 Å². The monoisotopic (exact) mass is 290 g/mol. The van der Waals surface area contributed by atoms with Gasteiger partial charge in [0.25, 0.3) is 5.91 Å². The minimum atomic E-state index is -0.151. The number of nitrogens with zero attached hydrogens (tertiary/aromatic N) is 2. The van der Waals surface area contributed by atoms with E-state index in [4.69, 9.17) is 5.73 Å². The second kappa shape index (κ2) is 6.47. The van der Waals surface area contributed by atoms with Gasteiger partial charge in [0, 0.05) is 16.6 Å². The summed E-state index contributed by atoms with van der Waals surface area (Å²) in [6.07, 6.45) is 1.78. The van der Waals surface area contributed by atoms with E-state index in [1.165, 1.54) is 0 Å². The molecule has 0 radical (unpaired) electrons. The van der Waals surface area contributed by atoms with Gasteiger partial charge in [-0.2, -0.15) is 0 Å². The molecule has 0 aliphatic carbocycles. The number of nitrogens with two attached hydrogens (primary N) is 1. The summed E-state index contributed by atoms with van der Waals surface area (Å²) in [5.74, 6) is 0.229. The quantitative estimate of drug-likeness (QED) is 0.885. The maximum absolute atomic E-state index is 12.1. The van der Waals surface area contributed by atoms with Gasteiger partial charge in [-0.15, -0.1) is 11.3 Å². The van der Waals surface area contributed by atoms with Crippen molar-refractivity contribution in [2.24, 2.45) is 0 Å². The summed E-state index contributed by atoms with van der Waals surface area (Å²) in [6, 6.07) is 3.39. The van der Waals surface area contributed by atoms with E-state index in [0.29, 0.717) is 17.9 Å². The summed E-state index contributed by atoms with van der Waals surface area (Å²) in [5, 5.41) is 5.78. The van der Waals surface area contributed by atoms with E-state index in [1.54, 1.807) is 23.5 Å². The second-order valence-corrected chi connectivity index (χ2v) is 5.62. The van der Waals surface area contributed by atoms with E-state index in [2.05, 4.69) is 22.2 Å². The molecule has 2 aromatic rings. The Morgan fingerprint density at radius 3 is 2.80 bits per heavy atom. The van der Waals surface area contributed by atoms with Crippen molar-refractivity contribution in [1.29, 1.82) is 0 Å². The molecule has 0 atom stereocenters. The first-order valence-electron chi connectivity index (χ1n) is 6.54. The van der Waals surface area contributed by atoms with Crippen LogP contribution in [-0.2, 0) is 13.0 Å². The summed E-state index contributed by atoms with van der Waals surface area (Å²) in [4.78, 5) is 20.6. The van der Waals surface area contributed by atoms with Crippen molar-refractivity contribution in [2.45, 2.75) is 33.2 Å². The third-order valence-corrected chi connectivity index (χ3v) is 3.59. The number of pyridine rings is 1. The van der Waals surface area contributed by atoms with Gasteiger partial charge < -0.3 is 11.1 Å². The minimum absolute atomic E-state index is 0.151. The average Bonchev–Trinajstić information content (AvgIpc) is 2.81. The third kappa shape index (κ3) is 3.77. The molecule has 1 amide bonds. The van der Waals surface area contributed by atoms with Gasteiger partial charge in [0.2, 0.25) is 0 Å². The van der Waals surface area contributed by atoms with Crippen LogP contribution < -0.4 is 11.1 Å². The second-order valence-electron chi connectivity index (χ2n) is 4.56. The molecular weight excluding hydrogens is 272 g/mol. The van der Waals surface area contributed by atoms with Gasteiger partial charge in [-0.05, 0) is 25.5 Å². The van der Waals surface area contributed by atoms with Gasteiger partial charge >= 0.3 is 0 Å². The van der Waals surface area contributed by atoms with Crippen LogP contribution in [0.15, 0.2) is 17.5 Å². The van der Waals surface area contributed by atoms with Crippen LogP contribution in [0.5, 0.6) is 0 Å². The number of nitrogens with one attached hydrogen (secondary N) is 1. The predicted octanol–water partition coefficient (Wildman–Crippen LogP) is 2.31. The molecule has 0 saturated heterocycles. The van der Waals surface area contributed by atoms with Crippen LogP contribution in [0.1, 0.15) is 40.1 Å². The highest BCUT2D eigenvalue weighted by Gasteiger charge is 2.09. The Hall–Kier alpha value is -1.95. The zero-order valence-electron chi connectivity index (χ0n) is 11.6. The molecule has 0 aliphatic rings. The van der Waals surface area contributed by atoms with Crippen LogP contribution in [0.3, 0.4) is 0 Å². The number of aryl methyl sites for hydroxylation is 2. The largest absolute Gasteiger partial charge is 0.384 e. The normalized spacial score (nSPS) is 10.5. The number of carbonyl (C=O) groups is 1. The Morgan fingerprint density at radius 1 is 1.35 bits per heavy atom. The van der Waals surface area contributed by atoms with Crippen molar-refractivity contribution < 1.29 is 4.79 Å². The zero-order chi connectivity index (χ0) is 14.5. The molecule has 0 bridgehead atoms. The minimum Gasteiger partial charge on any atom is -0.384 e. The third-order valence-electron chi connectivity index (χ3n) is 2.76. The van der Waals surface area contributed by atoms with Crippen molar-refractivity contribution in [2.75, 3.05) is 5.73 Å². The fourth-order valence-electron chi connectivity index (χ4n) is 1.89. The van der Waals surface area contributed by atoms with Crippen LogP contribution in [0.4, 0.5) is 5.82 Å². The first-order chi connectivity index (χ1) is 9.58. The zero-order valence-corrected chi connectivity index (χ0v) is 12.5. The molecule has 0 fully saturated rings. The summed E-state index contributed by atoms with van der Waals surface area (Å²) < 4.78 is 0. The molecule has 6 heteroatoms. The van der Waals surface area contributed by atoms with E-state index in [1.807, 2.05) is 12.3 Å². The summed E-state index contributed by atoms with van der Waals surface area (Å²) in [5.41, 5.74) is 8.01. The predicted molar refractivity (Wildman–Crippen MR) is 80.7 cm³/mol. The SMILES string of the molecule is CCCc1cc(C(=O)NCc2csc(C)n2)cc(N)n1. The van der Waals surface area contributed by atoms with Crippen LogP contribution >= 0.6 is 11.3 Å². The van der Waals surface area contributed by atoms with Crippen molar-refractivity contribution in [1.82, 2.24) is 15.3 Å². The molecule has 0 saturated carbocycles. The topological polar surface area (TPSA) is 80.9 Å². The summed E-state index contributed by atoms with van der Waals surface area (Å²) >= 11 is 1.57. The van der Waals surface area contributed by atoms with Crippen LogP contribution in [-0.4, -0.2) is 15.9 Å². The van der Waals surface area contributed by atoms with Gasteiger partial charge in [0.15, 0.2) is 0 Å². The highest BCUT2D eigenvalue weighted by Crippen LogP contribution is 2.11. The number of thiazole rings is 1. The number of hydrogen-bond donors (Lipinski definition) is 2. The molecule has 0 unspecified atom stereocenters. The van der Waals surface area contributed by atoms with E-state index >= 15 is 0 Å². The highest BCUT2D eigenvalue weighted by atomic mass is 32.1. The number of aromatic nitrogens is 2. The Morgan fingerprint density at radius 2 is 2.15 bits per heavy atom. The average molecular weight is 290 g/mol. The lowest BCUT2D eigenvalue weighted by molar-refractivity contribution is 0.0950. The molecule has 0 aromatic carbocycles.